The number of aliphatic carboxylic acids is 1. The summed E-state index contributed by atoms with van der Waals surface area (Å²) >= 11 is 0. The Labute approximate surface area is 181 Å². The number of amides is 1. The van der Waals surface area contributed by atoms with Gasteiger partial charge in [-0.2, -0.15) is 0 Å². The number of allylic oxidation sites excluding steroid dienone is 5. The molecule has 6 heteroatoms. The van der Waals surface area contributed by atoms with Crippen molar-refractivity contribution in [3.63, 3.8) is 0 Å². The Morgan fingerprint density at radius 1 is 0.967 bits per heavy atom. The molecule has 3 N–H and O–H groups in total. The summed E-state index contributed by atoms with van der Waals surface area (Å²) in [5, 5.41) is 21.7. The van der Waals surface area contributed by atoms with Crippen LogP contribution in [0.1, 0.15) is 78.6 Å². The summed E-state index contributed by atoms with van der Waals surface area (Å²) in [6, 6.07) is -0.843. The number of Topliss-reactive ketones (excluding diaryl/α,β-unsaturated/α-hetero) is 1. The van der Waals surface area contributed by atoms with Crippen LogP contribution in [0.15, 0.2) is 36.5 Å². The van der Waals surface area contributed by atoms with Crippen LogP contribution >= 0.6 is 0 Å². The molecule has 1 unspecified atom stereocenters. The second kappa shape index (κ2) is 17.6. The minimum Gasteiger partial charge on any atom is -0.480 e. The molecule has 0 aliphatic carbocycles. The van der Waals surface area contributed by atoms with Crippen molar-refractivity contribution in [2.24, 2.45) is 5.92 Å². The number of carboxylic acids is 1. The summed E-state index contributed by atoms with van der Waals surface area (Å²) in [4.78, 5) is 35.0. The second-order valence-electron chi connectivity index (χ2n) is 7.49. The highest BCUT2D eigenvalue weighted by atomic mass is 16.4. The fourth-order valence-electron chi connectivity index (χ4n) is 2.72. The van der Waals surface area contributed by atoms with E-state index in [1.807, 2.05) is 32.1 Å². The molecule has 0 aliphatic heterocycles. The molecule has 3 atom stereocenters. The summed E-state index contributed by atoms with van der Waals surface area (Å²) in [5.74, 6) is -1.55. The first-order valence-corrected chi connectivity index (χ1v) is 11.0. The number of hydrogen-bond donors (Lipinski definition) is 3. The molecule has 0 aromatic heterocycles. The van der Waals surface area contributed by atoms with E-state index < -0.39 is 18.1 Å². The van der Waals surface area contributed by atoms with E-state index in [1.54, 1.807) is 12.2 Å². The third-order valence-electron chi connectivity index (χ3n) is 4.88. The molecule has 6 nitrogen and oxygen atoms in total. The van der Waals surface area contributed by atoms with Crippen molar-refractivity contribution < 1.29 is 24.6 Å². The summed E-state index contributed by atoms with van der Waals surface area (Å²) in [6.07, 6.45) is 16.0. The van der Waals surface area contributed by atoms with Crippen LogP contribution in [0.2, 0.25) is 0 Å². The van der Waals surface area contributed by atoms with Gasteiger partial charge in [0.15, 0.2) is 5.78 Å². The van der Waals surface area contributed by atoms with Gasteiger partial charge in [0.25, 0.3) is 0 Å². The van der Waals surface area contributed by atoms with Crippen LogP contribution in [0.25, 0.3) is 0 Å². The summed E-state index contributed by atoms with van der Waals surface area (Å²) < 4.78 is 0. The highest BCUT2D eigenvalue weighted by Crippen LogP contribution is 2.09. The third-order valence-corrected chi connectivity index (χ3v) is 4.88. The van der Waals surface area contributed by atoms with Gasteiger partial charge in [-0.1, -0.05) is 63.6 Å². The van der Waals surface area contributed by atoms with Crippen molar-refractivity contribution >= 4 is 17.7 Å². The normalized spacial score (nSPS) is 14.9. The fraction of sp³-hybridized carbons (Fsp3) is 0.625. The lowest BCUT2D eigenvalue weighted by Crippen LogP contribution is -2.44. The number of aliphatic hydroxyl groups excluding tert-OH is 1. The number of unbranched alkanes of at least 4 members (excludes halogenated alkanes) is 2. The molecule has 0 aliphatic rings. The molecule has 0 heterocycles. The molecule has 1 amide bonds. The molecule has 0 rings (SSSR count). The highest BCUT2D eigenvalue weighted by Gasteiger charge is 2.24. The quantitative estimate of drug-likeness (QED) is 0.239. The zero-order valence-corrected chi connectivity index (χ0v) is 18.7. The van der Waals surface area contributed by atoms with Crippen LogP contribution in [0.3, 0.4) is 0 Å². The van der Waals surface area contributed by atoms with E-state index in [2.05, 4.69) is 18.3 Å². The lowest BCUT2D eigenvalue weighted by molar-refractivity contribution is -0.143. The maximum atomic E-state index is 11.9. The minimum atomic E-state index is -1.00. The third kappa shape index (κ3) is 13.9. The number of hydrogen-bond acceptors (Lipinski definition) is 4. The van der Waals surface area contributed by atoms with Gasteiger partial charge >= 0.3 is 5.97 Å². The zero-order valence-electron chi connectivity index (χ0n) is 18.7. The van der Waals surface area contributed by atoms with Gasteiger partial charge in [0.05, 0.1) is 0 Å². The average Bonchev–Trinajstić information content (AvgIpc) is 2.72. The van der Waals surface area contributed by atoms with Gasteiger partial charge < -0.3 is 15.5 Å². The van der Waals surface area contributed by atoms with Crippen molar-refractivity contribution in [3.05, 3.63) is 36.5 Å². The maximum Gasteiger partial charge on any atom is 0.326 e. The molecule has 0 saturated heterocycles. The van der Waals surface area contributed by atoms with Gasteiger partial charge in [-0.15, -0.1) is 0 Å². The Bertz CT molecular complexity index is 594. The Morgan fingerprint density at radius 3 is 2.30 bits per heavy atom. The number of carbonyl (C=O) groups is 3. The zero-order chi connectivity index (χ0) is 22.8. The number of nitrogens with one attached hydrogen (secondary N) is 1. The molecular formula is C24H39NO5. The first kappa shape index (κ1) is 27.8. The molecule has 0 spiro atoms. The maximum absolute atomic E-state index is 11.9. The molecule has 0 bridgehead atoms. The van der Waals surface area contributed by atoms with Crippen LogP contribution < -0.4 is 5.32 Å². The van der Waals surface area contributed by atoms with Crippen LogP contribution in [0, 0.1) is 5.92 Å². The standard InChI is InChI=1S/C24H39NO5/c1-4-6-7-8-10-13-16-20(26)21(27)17-14-11-9-12-15-18-22(28)25-23(24(29)30)19(3)5-2/h6-7,10-11,13-14,19,21,23,27H,4-5,8-9,12,15-18H2,1-3H3,(H,25,28)(H,29,30)/b7-6-,13-10-,14-11-/t19-,21?,23-/m0/s1. The minimum absolute atomic E-state index is 0.114. The van der Waals surface area contributed by atoms with Gasteiger partial charge in [-0.05, 0) is 44.4 Å². The molecule has 0 aromatic carbocycles. The van der Waals surface area contributed by atoms with Crippen LogP contribution in [-0.2, 0) is 14.4 Å². The molecule has 0 fully saturated rings. The van der Waals surface area contributed by atoms with Crippen molar-refractivity contribution in [1.29, 1.82) is 0 Å². The number of ketones is 1. The van der Waals surface area contributed by atoms with Gasteiger partial charge in [0.1, 0.15) is 12.1 Å². The fourth-order valence-corrected chi connectivity index (χ4v) is 2.72. The SMILES string of the molecule is CC/C=C\C/C=C\CC(=O)C(O)C/C=C\CCCCC(=O)N[C@H](C(=O)O)[C@@H](C)CC. The van der Waals surface area contributed by atoms with E-state index in [9.17, 15) is 24.6 Å². The molecule has 170 valence electrons. The number of aliphatic hydroxyl groups is 1. The summed E-state index contributed by atoms with van der Waals surface area (Å²) in [7, 11) is 0. The highest BCUT2D eigenvalue weighted by molar-refractivity contribution is 5.84. The van der Waals surface area contributed by atoms with Crippen LogP contribution in [0.4, 0.5) is 0 Å². The van der Waals surface area contributed by atoms with E-state index >= 15 is 0 Å². The van der Waals surface area contributed by atoms with E-state index in [0.717, 1.165) is 25.7 Å². The van der Waals surface area contributed by atoms with Gasteiger partial charge in [-0.25, -0.2) is 4.79 Å². The molecule has 30 heavy (non-hydrogen) atoms. The number of carbonyl (C=O) groups excluding carboxylic acids is 2. The van der Waals surface area contributed by atoms with Gasteiger partial charge in [-0.3, -0.25) is 9.59 Å². The Morgan fingerprint density at radius 2 is 1.67 bits per heavy atom. The summed E-state index contributed by atoms with van der Waals surface area (Å²) in [5.41, 5.74) is 0. The predicted octanol–water partition coefficient (Wildman–Crippen LogP) is 4.34. The number of rotatable bonds is 17. The van der Waals surface area contributed by atoms with Crippen LogP contribution in [0.5, 0.6) is 0 Å². The monoisotopic (exact) mass is 421 g/mol. The second-order valence-corrected chi connectivity index (χ2v) is 7.49. The predicted molar refractivity (Wildman–Crippen MR) is 120 cm³/mol. The van der Waals surface area contributed by atoms with Gasteiger partial charge in [0, 0.05) is 12.8 Å². The van der Waals surface area contributed by atoms with E-state index in [-0.39, 0.29) is 36.9 Å². The number of carboxylic acid groups (broad SMARTS) is 1. The van der Waals surface area contributed by atoms with Crippen molar-refractivity contribution in [1.82, 2.24) is 5.32 Å². The largest absolute Gasteiger partial charge is 0.480 e. The molecule has 0 saturated carbocycles. The smallest absolute Gasteiger partial charge is 0.326 e. The lowest BCUT2D eigenvalue weighted by atomic mass is 9.99. The Hall–Kier alpha value is -2.21. The van der Waals surface area contributed by atoms with Gasteiger partial charge in [0.2, 0.25) is 5.91 Å². The topological polar surface area (TPSA) is 104 Å². The van der Waals surface area contributed by atoms with Crippen LogP contribution in [-0.4, -0.2) is 40.0 Å². The van der Waals surface area contributed by atoms with Crippen molar-refractivity contribution in [2.75, 3.05) is 0 Å². The Kier molecular flexibility index (Phi) is 16.3. The van der Waals surface area contributed by atoms with E-state index in [4.69, 9.17) is 0 Å². The summed E-state index contributed by atoms with van der Waals surface area (Å²) in [6.45, 7) is 5.77. The molecule has 0 aromatic rings. The average molecular weight is 422 g/mol. The lowest BCUT2D eigenvalue weighted by Gasteiger charge is -2.20. The Balaban J connectivity index is 3.97. The molecule has 0 radical (unpaired) electrons. The van der Waals surface area contributed by atoms with Crippen molar-refractivity contribution in [3.8, 4) is 0 Å². The molecular weight excluding hydrogens is 382 g/mol. The first-order chi connectivity index (χ1) is 14.3. The first-order valence-electron chi connectivity index (χ1n) is 11.0. The van der Waals surface area contributed by atoms with E-state index in [0.29, 0.717) is 12.8 Å². The van der Waals surface area contributed by atoms with Crippen molar-refractivity contribution in [2.45, 2.75) is 90.7 Å². The van der Waals surface area contributed by atoms with E-state index in [1.165, 1.54) is 0 Å².